The summed E-state index contributed by atoms with van der Waals surface area (Å²) in [4.78, 5) is 89.6. The van der Waals surface area contributed by atoms with Gasteiger partial charge in [0.25, 0.3) is 0 Å². The maximum atomic E-state index is 14.2. The van der Waals surface area contributed by atoms with Crippen LogP contribution in [0.1, 0.15) is 57.1 Å². The number of hydrogen-bond donors (Lipinski definition) is 5. The van der Waals surface area contributed by atoms with E-state index in [9.17, 15) is 28.8 Å². The Morgan fingerprint density at radius 1 is 0.686 bits per heavy atom. The van der Waals surface area contributed by atoms with Crippen molar-refractivity contribution < 1.29 is 28.8 Å². The maximum Gasteiger partial charge on any atom is 0.246 e. The summed E-state index contributed by atoms with van der Waals surface area (Å²) in [6.07, 6.45) is 4.43. The number of carbonyl (C=O) groups is 6. The van der Waals surface area contributed by atoms with Gasteiger partial charge in [0.2, 0.25) is 35.4 Å². The first-order valence-electron chi connectivity index (χ1n) is 18.0. The van der Waals surface area contributed by atoms with Crippen molar-refractivity contribution in [2.24, 2.45) is 5.92 Å². The van der Waals surface area contributed by atoms with Gasteiger partial charge in [-0.2, -0.15) is 0 Å². The van der Waals surface area contributed by atoms with E-state index in [0.29, 0.717) is 38.8 Å². The molecule has 0 radical (unpaired) electrons. The van der Waals surface area contributed by atoms with Gasteiger partial charge in [-0.25, -0.2) is 0 Å². The van der Waals surface area contributed by atoms with Crippen molar-refractivity contribution in [3.05, 3.63) is 71.9 Å². The van der Waals surface area contributed by atoms with Crippen LogP contribution in [0, 0.1) is 5.92 Å². The predicted octanol–water partition coefficient (Wildman–Crippen LogP) is 1.57. The van der Waals surface area contributed by atoms with Gasteiger partial charge in [-0.05, 0) is 55.2 Å². The molecule has 0 bridgehead atoms. The van der Waals surface area contributed by atoms with Crippen molar-refractivity contribution in [1.82, 2.24) is 36.1 Å². The SMILES string of the molecule is CC(C)CC1NC(=O)C(Cc2c[nH]c3ccccc23)NC(=O)C2CCCN2C(=O)C2CCCN2C(=O)C(Cc2ccccc2)NC(=O)CNC1=O. The zero-order valence-electron chi connectivity index (χ0n) is 29.2. The van der Waals surface area contributed by atoms with Crippen molar-refractivity contribution in [1.29, 1.82) is 0 Å². The minimum atomic E-state index is -1.07. The van der Waals surface area contributed by atoms with Gasteiger partial charge >= 0.3 is 0 Å². The first kappa shape index (κ1) is 35.6. The normalized spacial score (nSPS) is 25.5. The molecule has 3 aliphatic heterocycles. The quantitative estimate of drug-likeness (QED) is 0.262. The number of H-pyrrole nitrogens is 1. The molecule has 5 atom stereocenters. The van der Waals surface area contributed by atoms with Crippen LogP contribution in [0.3, 0.4) is 0 Å². The Morgan fingerprint density at radius 3 is 2.10 bits per heavy atom. The van der Waals surface area contributed by atoms with Gasteiger partial charge in [0.05, 0.1) is 6.54 Å². The van der Waals surface area contributed by atoms with Crippen LogP contribution in [0.25, 0.3) is 10.9 Å². The molecular formula is C38H47N7O6. The summed E-state index contributed by atoms with van der Waals surface area (Å²) in [5.41, 5.74) is 2.51. The van der Waals surface area contributed by atoms with E-state index in [1.807, 2.05) is 68.4 Å². The van der Waals surface area contributed by atoms with E-state index in [2.05, 4.69) is 26.3 Å². The number of aromatic amines is 1. The molecule has 3 aliphatic rings. The highest BCUT2D eigenvalue weighted by Gasteiger charge is 2.44. The number of benzene rings is 2. The van der Waals surface area contributed by atoms with Crippen LogP contribution in [0.4, 0.5) is 0 Å². The summed E-state index contributed by atoms with van der Waals surface area (Å²) in [7, 11) is 0. The monoisotopic (exact) mass is 697 g/mol. The van der Waals surface area contributed by atoms with Gasteiger partial charge in [0, 0.05) is 43.0 Å². The number of rotatable bonds is 6. The lowest BCUT2D eigenvalue weighted by molar-refractivity contribution is -0.148. The molecular weight excluding hydrogens is 650 g/mol. The number of fused-ring (bicyclic) bond motifs is 3. The summed E-state index contributed by atoms with van der Waals surface area (Å²) in [5, 5.41) is 12.1. The second-order valence-electron chi connectivity index (χ2n) is 14.2. The Bertz CT molecular complexity index is 1770. The summed E-state index contributed by atoms with van der Waals surface area (Å²) < 4.78 is 0. The smallest absolute Gasteiger partial charge is 0.246 e. The summed E-state index contributed by atoms with van der Waals surface area (Å²) in [6.45, 7) is 4.09. The second-order valence-corrected chi connectivity index (χ2v) is 14.2. The number of hydrogen-bond acceptors (Lipinski definition) is 6. The van der Waals surface area contributed by atoms with Crippen LogP contribution in [0.15, 0.2) is 60.8 Å². The Morgan fingerprint density at radius 2 is 1.35 bits per heavy atom. The third-order valence-corrected chi connectivity index (χ3v) is 10.1. The van der Waals surface area contributed by atoms with E-state index in [4.69, 9.17) is 0 Å². The minimum absolute atomic E-state index is 0.00809. The third-order valence-electron chi connectivity index (χ3n) is 10.1. The predicted molar refractivity (Wildman–Crippen MR) is 190 cm³/mol. The second kappa shape index (κ2) is 15.8. The molecule has 13 nitrogen and oxygen atoms in total. The number of para-hydroxylation sites is 1. The average Bonchev–Trinajstić information content (AvgIpc) is 3.90. The molecule has 5 N–H and O–H groups in total. The molecule has 13 heteroatoms. The van der Waals surface area contributed by atoms with E-state index >= 15 is 0 Å². The van der Waals surface area contributed by atoms with Gasteiger partial charge < -0.3 is 36.1 Å². The molecule has 51 heavy (non-hydrogen) atoms. The lowest BCUT2D eigenvalue weighted by atomic mass is 10.0. The molecule has 3 saturated heterocycles. The molecule has 2 aromatic carbocycles. The number of amides is 6. The van der Waals surface area contributed by atoms with Crippen molar-refractivity contribution in [2.45, 2.75) is 89.0 Å². The molecule has 0 saturated carbocycles. The molecule has 270 valence electrons. The van der Waals surface area contributed by atoms with Crippen molar-refractivity contribution in [3.8, 4) is 0 Å². The van der Waals surface area contributed by atoms with Crippen molar-refractivity contribution >= 4 is 46.3 Å². The molecule has 0 spiro atoms. The Balaban J connectivity index is 1.33. The fourth-order valence-electron chi connectivity index (χ4n) is 7.54. The van der Waals surface area contributed by atoms with E-state index in [1.165, 1.54) is 9.80 Å². The Labute approximate surface area is 297 Å². The number of nitrogens with one attached hydrogen (secondary N) is 5. The van der Waals surface area contributed by atoms with Crippen LogP contribution < -0.4 is 21.3 Å². The third kappa shape index (κ3) is 8.24. The summed E-state index contributed by atoms with van der Waals surface area (Å²) in [6, 6.07) is 12.2. The van der Waals surface area contributed by atoms with E-state index < -0.39 is 60.4 Å². The van der Waals surface area contributed by atoms with Crippen molar-refractivity contribution in [3.63, 3.8) is 0 Å². The Kier molecular flexibility index (Phi) is 11.0. The average molecular weight is 698 g/mol. The lowest BCUT2D eigenvalue weighted by Gasteiger charge is -2.33. The van der Waals surface area contributed by atoms with Crippen LogP contribution in [0.2, 0.25) is 0 Å². The van der Waals surface area contributed by atoms with Crippen molar-refractivity contribution in [2.75, 3.05) is 19.6 Å². The van der Waals surface area contributed by atoms with Crippen LogP contribution >= 0.6 is 0 Å². The minimum Gasteiger partial charge on any atom is -0.361 e. The van der Waals surface area contributed by atoms with Crippen LogP contribution in [-0.4, -0.2) is 100 Å². The van der Waals surface area contributed by atoms with E-state index in [1.54, 1.807) is 6.20 Å². The molecule has 4 heterocycles. The number of carbonyl (C=O) groups excluding carboxylic acids is 6. The van der Waals surface area contributed by atoms with E-state index in [-0.39, 0.29) is 37.0 Å². The fraction of sp³-hybridized carbons (Fsp3) is 0.474. The molecule has 0 aliphatic carbocycles. The number of nitrogens with zero attached hydrogens (tertiary/aromatic N) is 2. The molecule has 3 aromatic rings. The first-order chi connectivity index (χ1) is 24.6. The largest absolute Gasteiger partial charge is 0.361 e. The van der Waals surface area contributed by atoms with Crippen LogP contribution in [0.5, 0.6) is 0 Å². The van der Waals surface area contributed by atoms with Gasteiger partial charge in [0.15, 0.2) is 0 Å². The standard InChI is InChI=1S/C38H47N7O6/c1-23(2)18-28-34(47)40-22-33(46)41-30(19-24-10-4-3-5-11-24)37(50)45-17-9-15-32(45)38(51)44-16-8-14-31(44)36(49)43-29(35(48)42-28)20-25-21-39-27-13-7-6-12-26(25)27/h3-7,10-13,21,23,28-32,39H,8-9,14-20,22H2,1-2H3,(H,40,47)(H,41,46)(H,42,48)(H,43,49). The van der Waals surface area contributed by atoms with Gasteiger partial charge in [-0.1, -0.05) is 62.4 Å². The van der Waals surface area contributed by atoms with Crippen LogP contribution in [-0.2, 0) is 41.6 Å². The van der Waals surface area contributed by atoms with E-state index in [0.717, 1.165) is 22.0 Å². The van der Waals surface area contributed by atoms with Gasteiger partial charge in [-0.15, -0.1) is 0 Å². The molecule has 3 fully saturated rings. The molecule has 5 unspecified atom stereocenters. The highest BCUT2D eigenvalue weighted by Crippen LogP contribution is 2.27. The zero-order chi connectivity index (χ0) is 36.1. The highest BCUT2D eigenvalue weighted by molar-refractivity contribution is 5.98. The topological polar surface area (TPSA) is 173 Å². The Hall–Kier alpha value is -5.20. The van der Waals surface area contributed by atoms with Gasteiger partial charge in [-0.3, -0.25) is 28.8 Å². The lowest BCUT2D eigenvalue weighted by Crippen LogP contribution is -2.60. The number of aromatic nitrogens is 1. The van der Waals surface area contributed by atoms with Gasteiger partial charge in [0.1, 0.15) is 30.2 Å². The summed E-state index contributed by atoms with van der Waals surface area (Å²) in [5.74, 6) is -2.83. The maximum absolute atomic E-state index is 14.2. The molecule has 6 rings (SSSR count). The highest BCUT2D eigenvalue weighted by atomic mass is 16.2. The molecule has 1 aromatic heterocycles. The zero-order valence-corrected chi connectivity index (χ0v) is 29.2. The first-order valence-corrected chi connectivity index (χ1v) is 18.0. The fourth-order valence-corrected chi connectivity index (χ4v) is 7.54. The molecule has 6 amide bonds. The summed E-state index contributed by atoms with van der Waals surface area (Å²) >= 11 is 0.